The van der Waals surface area contributed by atoms with Gasteiger partial charge in [0.25, 0.3) is 0 Å². The Morgan fingerprint density at radius 3 is 2.45 bits per heavy atom. The molecule has 2 fully saturated rings. The van der Waals surface area contributed by atoms with E-state index in [0.29, 0.717) is 13.1 Å². The van der Waals surface area contributed by atoms with Crippen molar-refractivity contribution in [2.75, 3.05) is 18.8 Å². The van der Waals surface area contributed by atoms with Crippen LogP contribution in [0.1, 0.15) is 46.5 Å². The van der Waals surface area contributed by atoms with Crippen LogP contribution < -0.4 is 10.9 Å². The summed E-state index contributed by atoms with van der Waals surface area (Å²) in [5.41, 5.74) is 6.38. The molecule has 0 spiro atoms. The number of hydrogen-bond donors (Lipinski definition) is 2. The molecule has 1 aliphatic carbocycles. The minimum atomic E-state index is -3.53. The number of hydrogen-bond acceptors (Lipinski definition) is 4. The van der Waals surface area contributed by atoms with Crippen LogP contribution in [0.5, 0.6) is 0 Å². The quantitative estimate of drug-likeness (QED) is 0.789. The molecule has 0 radical (unpaired) electrons. The van der Waals surface area contributed by atoms with E-state index in [4.69, 9.17) is 10.9 Å². The maximum Gasteiger partial charge on any atom is 0.222 e. The lowest BCUT2D eigenvalue weighted by Crippen LogP contribution is -2.48. The summed E-state index contributed by atoms with van der Waals surface area (Å²) in [4.78, 5) is 14.0. The predicted octanol–water partition coefficient (Wildman–Crippen LogP) is 0.667. The maximum absolute atomic E-state index is 12.2. The Hall–Kier alpha value is -0.660. The van der Waals surface area contributed by atoms with Crippen LogP contribution >= 0.6 is 0 Å². The molecule has 2 aliphatic rings. The van der Waals surface area contributed by atoms with Crippen LogP contribution in [0.2, 0.25) is 0 Å². The van der Waals surface area contributed by atoms with Gasteiger partial charge < -0.3 is 10.6 Å². The third-order valence-corrected chi connectivity index (χ3v) is 5.75. The Bertz CT molecular complexity index is 546. The van der Waals surface area contributed by atoms with E-state index in [9.17, 15) is 13.2 Å². The smallest absolute Gasteiger partial charge is 0.222 e. The van der Waals surface area contributed by atoms with Gasteiger partial charge in [-0.3, -0.25) is 4.79 Å². The molecule has 1 aliphatic heterocycles. The number of nitrogens with two attached hydrogens (primary N) is 2. The number of primary sulfonamides is 1. The van der Waals surface area contributed by atoms with E-state index in [2.05, 4.69) is 20.8 Å². The van der Waals surface area contributed by atoms with Gasteiger partial charge in [0, 0.05) is 31.5 Å². The van der Waals surface area contributed by atoms with Gasteiger partial charge in [0.15, 0.2) is 0 Å². The number of amides is 1. The molecule has 1 saturated heterocycles. The third kappa shape index (κ3) is 4.67. The molecule has 1 heterocycles. The largest absolute Gasteiger partial charge is 0.342 e. The fraction of sp³-hybridized carbons (Fsp3) is 0.933. The molecule has 3 unspecified atom stereocenters. The lowest BCUT2D eigenvalue weighted by Gasteiger charge is -2.47. The van der Waals surface area contributed by atoms with Gasteiger partial charge in [-0.05, 0) is 30.1 Å². The van der Waals surface area contributed by atoms with E-state index in [-0.39, 0.29) is 40.9 Å². The van der Waals surface area contributed by atoms with Crippen molar-refractivity contribution in [3.63, 3.8) is 0 Å². The topological polar surface area (TPSA) is 106 Å². The number of carbonyl (C=O) groups is 1. The second kappa shape index (κ2) is 5.76. The van der Waals surface area contributed by atoms with Crippen molar-refractivity contribution in [3.05, 3.63) is 0 Å². The zero-order valence-corrected chi connectivity index (χ0v) is 14.7. The molecular formula is C15H29N3O3S. The van der Waals surface area contributed by atoms with E-state index in [1.165, 1.54) is 0 Å². The van der Waals surface area contributed by atoms with E-state index in [1.54, 1.807) is 0 Å². The Morgan fingerprint density at radius 2 is 1.91 bits per heavy atom. The fourth-order valence-corrected chi connectivity index (χ4v) is 5.62. The highest BCUT2D eigenvalue weighted by molar-refractivity contribution is 7.89. The Morgan fingerprint density at radius 1 is 1.27 bits per heavy atom. The van der Waals surface area contributed by atoms with Crippen molar-refractivity contribution in [3.8, 4) is 0 Å². The van der Waals surface area contributed by atoms with Crippen molar-refractivity contribution in [2.24, 2.45) is 27.6 Å². The molecule has 1 saturated carbocycles. The molecule has 0 aromatic heterocycles. The molecule has 2 rings (SSSR count). The summed E-state index contributed by atoms with van der Waals surface area (Å²) < 4.78 is 22.4. The number of carbonyl (C=O) groups excluding carboxylic acids is 1. The first-order valence-corrected chi connectivity index (χ1v) is 9.63. The fourth-order valence-electron chi connectivity index (χ4n) is 4.74. The van der Waals surface area contributed by atoms with Crippen LogP contribution in [0, 0.1) is 16.7 Å². The zero-order valence-electron chi connectivity index (χ0n) is 13.8. The van der Waals surface area contributed by atoms with E-state index in [1.807, 2.05) is 4.90 Å². The summed E-state index contributed by atoms with van der Waals surface area (Å²) in [6.07, 6.45) is 3.21. The van der Waals surface area contributed by atoms with Crippen molar-refractivity contribution >= 4 is 15.9 Å². The summed E-state index contributed by atoms with van der Waals surface area (Å²) >= 11 is 0. The van der Waals surface area contributed by atoms with Crippen molar-refractivity contribution < 1.29 is 13.2 Å². The van der Waals surface area contributed by atoms with Gasteiger partial charge in [-0.2, -0.15) is 0 Å². The van der Waals surface area contributed by atoms with E-state index < -0.39 is 10.0 Å². The van der Waals surface area contributed by atoms with Crippen LogP contribution in [0.4, 0.5) is 0 Å². The molecule has 3 atom stereocenters. The van der Waals surface area contributed by atoms with E-state index >= 15 is 0 Å². The normalized spacial score (nSPS) is 35.9. The minimum Gasteiger partial charge on any atom is -0.342 e. The highest BCUT2D eigenvalue weighted by Gasteiger charge is 2.43. The molecule has 0 bridgehead atoms. The van der Waals surface area contributed by atoms with Gasteiger partial charge in [-0.1, -0.05) is 20.8 Å². The monoisotopic (exact) mass is 331 g/mol. The maximum atomic E-state index is 12.2. The third-order valence-electron chi connectivity index (χ3n) is 4.81. The summed E-state index contributed by atoms with van der Waals surface area (Å²) in [5.74, 6) is -0.264. The van der Waals surface area contributed by atoms with E-state index in [0.717, 1.165) is 19.3 Å². The molecule has 1 amide bonds. The van der Waals surface area contributed by atoms with Gasteiger partial charge in [0.05, 0.1) is 5.75 Å². The first-order chi connectivity index (χ1) is 9.88. The van der Waals surface area contributed by atoms with Crippen LogP contribution in [0.3, 0.4) is 0 Å². The average Bonchev–Trinajstić information content (AvgIpc) is 2.50. The van der Waals surface area contributed by atoms with Gasteiger partial charge >= 0.3 is 0 Å². The average molecular weight is 331 g/mol. The van der Waals surface area contributed by atoms with Crippen molar-refractivity contribution in [1.82, 2.24) is 4.90 Å². The first kappa shape index (κ1) is 17.7. The molecule has 0 aromatic rings. The Balaban J connectivity index is 2.02. The van der Waals surface area contributed by atoms with Gasteiger partial charge in [-0.25, -0.2) is 13.6 Å². The van der Waals surface area contributed by atoms with Gasteiger partial charge in [0.1, 0.15) is 0 Å². The van der Waals surface area contributed by atoms with Gasteiger partial charge in [0.2, 0.25) is 15.9 Å². The second-order valence-corrected chi connectivity index (χ2v) is 10.2. The number of rotatable bonds is 4. The second-order valence-electron chi connectivity index (χ2n) is 8.49. The Kier molecular flexibility index (Phi) is 4.63. The van der Waals surface area contributed by atoms with Crippen LogP contribution in [0.25, 0.3) is 0 Å². The van der Waals surface area contributed by atoms with Crippen LogP contribution in [-0.2, 0) is 14.8 Å². The molecule has 22 heavy (non-hydrogen) atoms. The highest BCUT2D eigenvalue weighted by atomic mass is 32.2. The SMILES string of the molecule is CC1(C)CC(N)CC(C)(CN2CC(CS(N)(=O)=O)CC2=O)C1. The summed E-state index contributed by atoms with van der Waals surface area (Å²) in [5, 5.41) is 5.10. The van der Waals surface area contributed by atoms with Crippen LogP contribution in [-0.4, -0.2) is 44.1 Å². The molecule has 4 N–H and O–H groups in total. The molecular weight excluding hydrogens is 302 g/mol. The highest BCUT2D eigenvalue weighted by Crippen LogP contribution is 2.46. The predicted molar refractivity (Wildman–Crippen MR) is 86.4 cm³/mol. The lowest BCUT2D eigenvalue weighted by atomic mass is 9.62. The zero-order chi connectivity index (χ0) is 16.8. The molecule has 128 valence electrons. The number of nitrogens with zero attached hydrogens (tertiary/aromatic N) is 1. The number of likely N-dealkylation sites (tertiary alicyclic amines) is 1. The minimum absolute atomic E-state index is 0.00664. The van der Waals surface area contributed by atoms with Crippen LogP contribution in [0.15, 0.2) is 0 Å². The number of sulfonamides is 1. The summed E-state index contributed by atoms with van der Waals surface area (Å²) in [7, 11) is -3.53. The van der Waals surface area contributed by atoms with Gasteiger partial charge in [-0.15, -0.1) is 0 Å². The molecule has 6 nitrogen and oxygen atoms in total. The Labute approximate surface area is 133 Å². The van der Waals surface area contributed by atoms with Crippen molar-refractivity contribution in [2.45, 2.75) is 52.5 Å². The molecule has 7 heteroatoms. The summed E-state index contributed by atoms with van der Waals surface area (Å²) in [6, 6.07) is 0.159. The van der Waals surface area contributed by atoms with Crippen molar-refractivity contribution in [1.29, 1.82) is 0 Å². The standard InChI is InChI=1S/C15H29N3O3S/c1-14(2)5-12(16)6-15(3,9-14)10-18-7-11(4-13(18)19)8-22(17,20)21/h11-12H,4-10,16H2,1-3H3,(H2,17,20,21). The lowest BCUT2D eigenvalue weighted by molar-refractivity contribution is -0.129. The molecule has 0 aromatic carbocycles. The first-order valence-electron chi connectivity index (χ1n) is 7.91. The summed E-state index contributed by atoms with van der Waals surface area (Å²) in [6.45, 7) is 7.78.